The molecule has 28 heavy (non-hydrogen) atoms. The summed E-state index contributed by atoms with van der Waals surface area (Å²) in [6, 6.07) is 12.0. The fourth-order valence-corrected chi connectivity index (χ4v) is 3.53. The average molecular weight is 430 g/mol. The minimum Gasteiger partial charge on any atom is -0.308 e. The number of para-hydroxylation sites is 1. The summed E-state index contributed by atoms with van der Waals surface area (Å²) >= 11 is 1.34. The minimum absolute atomic E-state index is 0. The number of carbonyl (C=O) groups excluding carboxylic acids is 1. The van der Waals surface area contributed by atoms with Crippen LogP contribution in [0.25, 0.3) is 10.2 Å². The van der Waals surface area contributed by atoms with Crippen LogP contribution in [-0.2, 0) is 6.18 Å². The number of thiazole rings is 1. The van der Waals surface area contributed by atoms with Crippen molar-refractivity contribution >= 4 is 45.0 Å². The van der Waals surface area contributed by atoms with Gasteiger partial charge in [0.2, 0.25) is 0 Å². The summed E-state index contributed by atoms with van der Waals surface area (Å²) in [5.74, 6) is -0.498. The molecule has 150 valence electrons. The molecule has 0 spiro atoms. The molecule has 4 nitrogen and oxygen atoms in total. The van der Waals surface area contributed by atoms with Crippen LogP contribution in [-0.4, -0.2) is 43.0 Å². The van der Waals surface area contributed by atoms with Crippen molar-refractivity contribution in [2.75, 3.05) is 32.1 Å². The molecule has 9 heteroatoms. The lowest BCUT2D eigenvalue weighted by atomic mass is 10.1. The smallest absolute Gasteiger partial charge is 0.308 e. The number of likely N-dealkylation sites (N-methyl/N-ethyl adjacent to an activating group) is 1. The van der Waals surface area contributed by atoms with Crippen molar-refractivity contribution < 1.29 is 18.0 Å². The molecule has 0 bridgehead atoms. The molecule has 1 amide bonds. The van der Waals surface area contributed by atoms with Gasteiger partial charge in [0.1, 0.15) is 0 Å². The van der Waals surface area contributed by atoms with Gasteiger partial charge in [-0.05, 0) is 44.4 Å². The Kier molecular flexibility index (Phi) is 7.03. The van der Waals surface area contributed by atoms with E-state index in [1.165, 1.54) is 28.4 Å². The number of amides is 1. The predicted molar refractivity (Wildman–Crippen MR) is 109 cm³/mol. The highest BCUT2D eigenvalue weighted by atomic mass is 35.5. The number of carbonyl (C=O) groups is 1. The van der Waals surface area contributed by atoms with Crippen LogP contribution in [0.1, 0.15) is 15.9 Å². The lowest BCUT2D eigenvalue weighted by Crippen LogP contribution is -2.36. The number of alkyl halides is 3. The Labute approximate surface area is 171 Å². The van der Waals surface area contributed by atoms with Crippen LogP contribution in [0, 0.1) is 0 Å². The molecule has 0 unspecified atom stereocenters. The highest BCUT2D eigenvalue weighted by Crippen LogP contribution is 2.32. The first kappa shape index (κ1) is 22.1. The van der Waals surface area contributed by atoms with Crippen LogP contribution in [0.4, 0.5) is 18.3 Å². The number of aromatic nitrogens is 1. The van der Waals surface area contributed by atoms with Crippen molar-refractivity contribution in [1.29, 1.82) is 0 Å². The van der Waals surface area contributed by atoms with Crippen molar-refractivity contribution in [3.63, 3.8) is 0 Å². The van der Waals surface area contributed by atoms with Gasteiger partial charge in [0.15, 0.2) is 5.13 Å². The molecule has 3 aromatic rings. The first-order chi connectivity index (χ1) is 12.8. The highest BCUT2D eigenvalue weighted by molar-refractivity contribution is 7.22. The van der Waals surface area contributed by atoms with Gasteiger partial charge < -0.3 is 4.90 Å². The molecular formula is C19H19ClF3N3OS. The van der Waals surface area contributed by atoms with Crippen molar-refractivity contribution in [3.8, 4) is 0 Å². The third kappa shape index (κ3) is 5.01. The zero-order valence-electron chi connectivity index (χ0n) is 15.2. The molecule has 2 aromatic carbocycles. The van der Waals surface area contributed by atoms with E-state index in [1.807, 2.05) is 43.3 Å². The zero-order chi connectivity index (χ0) is 19.6. The van der Waals surface area contributed by atoms with E-state index in [2.05, 4.69) is 4.98 Å². The van der Waals surface area contributed by atoms with Crippen molar-refractivity contribution in [2.45, 2.75) is 6.18 Å². The maximum absolute atomic E-state index is 13.0. The number of hydrogen-bond acceptors (Lipinski definition) is 4. The van der Waals surface area contributed by atoms with Gasteiger partial charge in [0.25, 0.3) is 5.91 Å². The van der Waals surface area contributed by atoms with Crippen LogP contribution in [0.2, 0.25) is 0 Å². The third-order valence-corrected chi connectivity index (χ3v) is 5.03. The maximum Gasteiger partial charge on any atom is 0.416 e. The lowest BCUT2D eigenvalue weighted by molar-refractivity contribution is -0.137. The van der Waals surface area contributed by atoms with E-state index in [4.69, 9.17) is 0 Å². The number of benzene rings is 2. The summed E-state index contributed by atoms with van der Waals surface area (Å²) < 4.78 is 39.9. The molecule has 0 aliphatic rings. The van der Waals surface area contributed by atoms with Crippen LogP contribution >= 0.6 is 23.7 Å². The fraction of sp³-hybridized carbons (Fsp3) is 0.263. The van der Waals surface area contributed by atoms with Crippen LogP contribution < -0.4 is 4.90 Å². The fourth-order valence-electron chi connectivity index (χ4n) is 2.54. The van der Waals surface area contributed by atoms with Crippen molar-refractivity contribution in [2.24, 2.45) is 0 Å². The number of rotatable bonds is 5. The third-order valence-electron chi connectivity index (χ3n) is 3.97. The SMILES string of the molecule is CN(C)CCN(C(=O)c1cccc(C(F)(F)F)c1)c1nc2ccccc2s1.Cl. The van der Waals surface area contributed by atoms with E-state index < -0.39 is 17.6 Å². The number of hydrogen-bond donors (Lipinski definition) is 0. The van der Waals surface area contributed by atoms with Gasteiger partial charge in [0, 0.05) is 18.7 Å². The summed E-state index contributed by atoms with van der Waals surface area (Å²) in [5, 5.41) is 0.473. The summed E-state index contributed by atoms with van der Waals surface area (Å²) in [4.78, 5) is 20.9. The molecular weight excluding hydrogens is 411 g/mol. The van der Waals surface area contributed by atoms with Gasteiger partial charge >= 0.3 is 6.18 Å². The first-order valence-corrected chi connectivity index (χ1v) is 9.07. The van der Waals surface area contributed by atoms with Gasteiger partial charge in [-0.2, -0.15) is 13.2 Å². The molecule has 0 radical (unpaired) electrons. The van der Waals surface area contributed by atoms with Crippen LogP contribution in [0.3, 0.4) is 0 Å². The van der Waals surface area contributed by atoms with Crippen LogP contribution in [0.15, 0.2) is 48.5 Å². The molecule has 0 saturated heterocycles. The molecule has 0 aliphatic heterocycles. The molecule has 0 N–H and O–H groups in total. The normalized spacial score (nSPS) is 11.5. The monoisotopic (exact) mass is 429 g/mol. The zero-order valence-corrected chi connectivity index (χ0v) is 16.9. The van der Waals surface area contributed by atoms with Gasteiger partial charge in [-0.15, -0.1) is 12.4 Å². The topological polar surface area (TPSA) is 36.4 Å². The van der Waals surface area contributed by atoms with Crippen molar-refractivity contribution in [1.82, 2.24) is 9.88 Å². The Balaban J connectivity index is 0.00000280. The number of halogens is 4. The predicted octanol–water partition coefficient (Wildman–Crippen LogP) is 4.95. The summed E-state index contributed by atoms with van der Waals surface area (Å²) in [6.07, 6.45) is -4.50. The van der Waals surface area contributed by atoms with Crippen molar-refractivity contribution in [3.05, 3.63) is 59.7 Å². The Bertz CT molecular complexity index is 926. The Hall–Kier alpha value is -2.16. The summed E-state index contributed by atoms with van der Waals surface area (Å²) in [7, 11) is 3.73. The average Bonchev–Trinajstić information content (AvgIpc) is 3.04. The molecule has 0 atom stereocenters. The molecule has 3 rings (SSSR count). The minimum atomic E-state index is -4.50. The van der Waals surface area contributed by atoms with Gasteiger partial charge in [0.05, 0.1) is 15.8 Å². The van der Waals surface area contributed by atoms with Crippen LogP contribution in [0.5, 0.6) is 0 Å². The second-order valence-electron chi connectivity index (χ2n) is 6.30. The van der Waals surface area contributed by atoms with E-state index in [1.54, 1.807) is 0 Å². The second-order valence-corrected chi connectivity index (χ2v) is 7.31. The number of fused-ring (bicyclic) bond motifs is 1. The molecule has 1 heterocycles. The number of anilines is 1. The molecule has 0 aliphatic carbocycles. The van der Waals surface area contributed by atoms with Gasteiger partial charge in [-0.3, -0.25) is 9.69 Å². The van der Waals surface area contributed by atoms with Gasteiger partial charge in [-0.25, -0.2) is 4.98 Å². The maximum atomic E-state index is 13.0. The molecule has 1 aromatic heterocycles. The van der Waals surface area contributed by atoms with E-state index in [0.717, 1.165) is 22.3 Å². The summed E-state index contributed by atoms with van der Waals surface area (Å²) in [5.41, 5.74) is -0.0998. The summed E-state index contributed by atoms with van der Waals surface area (Å²) in [6.45, 7) is 0.878. The molecule has 0 fully saturated rings. The largest absolute Gasteiger partial charge is 0.416 e. The van der Waals surface area contributed by atoms with E-state index in [9.17, 15) is 18.0 Å². The number of nitrogens with zero attached hydrogens (tertiary/aromatic N) is 3. The highest BCUT2D eigenvalue weighted by Gasteiger charge is 2.31. The van der Waals surface area contributed by atoms with E-state index in [0.29, 0.717) is 18.2 Å². The standard InChI is InChI=1S/C19H18F3N3OS.ClH/c1-24(2)10-11-25(18-23-15-8-3-4-9-16(15)27-18)17(26)13-6-5-7-14(12-13)19(20,21)22;/h3-9,12H,10-11H2,1-2H3;1H. The molecule has 0 saturated carbocycles. The second kappa shape index (κ2) is 8.89. The Morgan fingerprint density at radius 1 is 1.07 bits per heavy atom. The first-order valence-electron chi connectivity index (χ1n) is 8.25. The van der Waals surface area contributed by atoms with E-state index in [-0.39, 0.29) is 18.0 Å². The van der Waals surface area contributed by atoms with E-state index >= 15 is 0 Å². The Morgan fingerprint density at radius 2 is 1.79 bits per heavy atom. The van der Waals surface area contributed by atoms with Gasteiger partial charge in [-0.1, -0.05) is 29.5 Å². The lowest BCUT2D eigenvalue weighted by Gasteiger charge is -2.22. The quantitative estimate of drug-likeness (QED) is 0.576. The Morgan fingerprint density at radius 3 is 2.43 bits per heavy atom.